The Labute approximate surface area is 142 Å². The van der Waals surface area contributed by atoms with Crippen LogP contribution in [0.2, 0.25) is 0 Å². The van der Waals surface area contributed by atoms with Gasteiger partial charge in [0.1, 0.15) is 5.69 Å². The van der Waals surface area contributed by atoms with Crippen molar-refractivity contribution in [2.45, 2.75) is 11.8 Å². The van der Waals surface area contributed by atoms with Gasteiger partial charge in [-0.2, -0.15) is 4.31 Å². The molecular weight excluding hydrogens is 326 g/mol. The lowest BCUT2D eigenvalue weighted by atomic mass is 10.2. The van der Waals surface area contributed by atoms with E-state index >= 15 is 0 Å². The lowest BCUT2D eigenvalue weighted by molar-refractivity contribution is 0.0688. The first-order valence-electron chi connectivity index (χ1n) is 7.87. The largest absolute Gasteiger partial charge is 0.347 e. The van der Waals surface area contributed by atoms with Gasteiger partial charge in [-0.3, -0.25) is 4.79 Å². The summed E-state index contributed by atoms with van der Waals surface area (Å²) < 4.78 is 28.6. The van der Waals surface area contributed by atoms with E-state index in [1.807, 2.05) is 26.2 Å². The number of carbonyl (C=O) groups is 1. The van der Waals surface area contributed by atoms with Gasteiger partial charge in [-0.05, 0) is 31.2 Å². The lowest BCUT2D eigenvalue weighted by Gasteiger charge is -2.34. The number of hydrogen-bond acceptors (Lipinski definition) is 3. The van der Waals surface area contributed by atoms with Crippen molar-refractivity contribution in [3.63, 3.8) is 0 Å². The van der Waals surface area contributed by atoms with E-state index in [4.69, 9.17) is 0 Å². The Bertz CT molecular complexity index is 832. The SMILES string of the molecule is Cc1ccc(S(=O)(=O)N2CCN(C(=O)c3cccn3C)CC2)cc1. The molecule has 1 aliphatic heterocycles. The molecule has 3 rings (SSSR count). The third kappa shape index (κ3) is 3.09. The smallest absolute Gasteiger partial charge is 0.270 e. The fraction of sp³-hybridized carbons (Fsp3) is 0.353. The first kappa shape index (κ1) is 16.7. The molecule has 1 amide bonds. The van der Waals surface area contributed by atoms with Crippen molar-refractivity contribution >= 4 is 15.9 Å². The van der Waals surface area contributed by atoms with Crippen LogP contribution in [-0.2, 0) is 17.1 Å². The van der Waals surface area contributed by atoms with Gasteiger partial charge in [-0.15, -0.1) is 0 Å². The zero-order chi connectivity index (χ0) is 17.3. The maximum Gasteiger partial charge on any atom is 0.270 e. The van der Waals surface area contributed by atoms with Crippen LogP contribution in [0.5, 0.6) is 0 Å². The second kappa shape index (κ2) is 6.41. The molecule has 1 aromatic heterocycles. The van der Waals surface area contributed by atoms with Crippen molar-refractivity contribution in [2.24, 2.45) is 7.05 Å². The van der Waals surface area contributed by atoms with Crippen LogP contribution in [0.15, 0.2) is 47.5 Å². The number of aryl methyl sites for hydroxylation is 2. The molecular formula is C17H21N3O3S. The summed E-state index contributed by atoms with van der Waals surface area (Å²) in [4.78, 5) is 14.5. The third-order valence-corrected chi connectivity index (χ3v) is 6.26. The molecule has 128 valence electrons. The van der Waals surface area contributed by atoms with Gasteiger partial charge < -0.3 is 9.47 Å². The Morgan fingerprint density at radius 1 is 1.00 bits per heavy atom. The van der Waals surface area contributed by atoms with Gasteiger partial charge in [0.05, 0.1) is 4.90 Å². The molecule has 1 aliphatic rings. The zero-order valence-corrected chi connectivity index (χ0v) is 14.7. The normalized spacial score (nSPS) is 16.3. The second-order valence-electron chi connectivity index (χ2n) is 6.01. The molecule has 0 bridgehead atoms. The van der Waals surface area contributed by atoms with Gasteiger partial charge in [0.15, 0.2) is 0 Å². The molecule has 1 saturated heterocycles. The summed E-state index contributed by atoms with van der Waals surface area (Å²) in [5.41, 5.74) is 1.64. The molecule has 0 spiro atoms. The molecule has 7 heteroatoms. The number of nitrogens with zero attached hydrogens (tertiary/aromatic N) is 3. The highest BCUT2D eigenvalue weighted by molar-refractivity contribution is 7.89. The molecule has 0 unspecified atom stereocenters. The average Bonchev–Trinajstić information content (AvgIpc) is 3.01. The molecule has 1 fully saturated rings. The van der Waals surface area contributed by atoms with E-state index in [9.17, 15) is 13.2 Å². The minimum absolute atomic E-state index is 0.0603. The average molecular weight is 347 g/mol. The van der Waals surface area contributed by atoms with Gasteiger partial charge in [-0.25, -0.2) is 8.42 Å². The molecule has 2 heterocycles. The quantitative estimate of drug-likeness (QED) is 0.845. The summed E-state index contributed by atoms with van der Waals surface area (Å²) in [5.74, 6) is -0.0603. The van der Waals surface area contributed by atoms with Crippen LogP contribution in [0.1, 0.15) is 16.1 Å². The van der Waals surface area contributed by atoms with Crippen LogP contribution in [0.3, 0.4) is 0 Å². The molecule has 0 atom stereocenters. The summed E-state index contributed by atoms with van der Waals surface area (Å²) in [6.45, 7) is 3.34. The van der Waals surface area contributed by atoms with E-state index < -0.39 is 10.0 Å². The highest BCUT2D eigenvalue weighted by Gasteiger charge is 2.30. The fourth-order valence-corrected chi connectivity index (χ4v) is 4.26. The predicted octanol–water partition coefficient (Wildman–Crippen LogP) is 1.48. The minimum Gasteiger partial charge on any atom is -0.347 e. The minimum atomic E-state index is -3.50. The monoisotopic (exact) mass is 347 g/mol. The number of hydrogen-bond donors (Lipinski definition) is 0. The maximum absolute atomic E-state index is 12.7. The second-order valence-corrected chi connectivity index (χ2v) is 7.95. The van der Waals surface area contributed by atoms with Crippen LogP contribution >= 0.6 is 0 Å². The summed E-state index contributed by atoms with van der Waals surface area (Å²) >= 11 is 0. The van der Waals surface area contributed by atoms with E-state index in [0.717, 1.165) is 5.56 Å². The van der Waals surface area contributed by atoms with Gasteiger partial charge in [0, 0.05) is 39.4 Å². The molecule has 0 aliphatic carbocycles. The van der Waals surface area contributed by atoms with Crippen molar-refractivity contribution in [1.29, 1.82) is 0 Å². The van der Waals surface area contributed by atoms with Crippen LogP contribution < -0.4 is 0 Å². The fourth-order valence-electron chi connectivity index (χ4n) is 2.84. The van der Waals surface area contributed by atoms with Crippen LogP contribution in [0.25, 0.3) is 0 Å². The molecule has 0 radical (unpaired) electrons. The number of rotatable bonds is 3. The number of sulfonamides is 1. The Morgan fingerprint density at radius 3 is 2.17 bits per heavy atom. The van der Waals surface area contributed by atoms with Crippen molar-refractivity contribution in [3.8, 4) is 0 Å². The summed E-state index contributed by atoms with van der Waals surface area (Å²) in [6, 6.07) is 10.4. The van der Waals surface area contributed by atoms with Gasteiger partial charge >= 0.3 is 0 Å². The highest BCUT2D eigenvalue weighted by atomic mass is 32.2. The van der Waals surface area contributed by atoms with E-state index in [1.165, 1.54) is 4.31 Å². The Hall–Kier alpha value is -2.12. The first-order chi connectivity index (χ1) is 11.4. The molecule has 2 aromatic rings. The van der Waals surface area contributed by atoms with E-state index in [-0.39, 0.29) is 5.91 Å². The first-order valence-corrected chi connectivity index (χ1v) is 9.31. The molecule has 24 heavy (non-hydrogen) atoms. The Balaban J connectivity index is 1.69. The predicted molar refractivity (Wildman–Crippen MR) is 91.3 cm³/mol. The van der Waals surface area contributed by atoms with E-state index in [1.54, 1.807) is 39.8 Å². The third-order valence-electron chi connectivity index (χ3n) is 4.35. The highest BCUT2D eigenvalue weighted by Crippen LogP contribution is 2.19. The Kier molecular flexibility index (Phi) is 4.47. The van der Waals surface area contributed by atoms with Crippen molar-refractivity contribution in [2.75, 3.05) is 26.2 Å². The van der Waals surface area contributed by atoms with Crippen LogP contribution in [0.4, 0.5) is 0 Å². The van der Waals surface area contributed by atoms with Gasteiger partial charge in [0.25, 0.3) is 5.91 Å². The lowest BCUT2D eigenvalue weighted by Crippen LogP contribution is -2.50. The number of aromatic nitrogens is 1. The topological polar surface area (TPSA) is 62.6 Å². The van der Waals surface area contributed by atoms with Gasteiger partial charge in [-0.1, -0.05) is 17.7 Å². The molecule has 0 saturated carbocycles. The summed E-state index contributed by atoms with van der Waals surface area (Å²) in [7, 11) is -1.67. The van der Waals surface area contributed by atoms with E-state index in [2.05, 4.69) is 0 Å². The number of benzene rings is 1. The zero-order valence-electron chi connectivity index (χ0n) is 13.8. The maximum atomic E-state index is 12.7. The van der Waals surface area contributed by atoms with Gasteiger partial charge in [0.2, 0.25) is 10.0 Å². The number of piperazine rings is 1. The van der Waals surface area contributed by atoms with Crippen molar-refractivity contribution < 1.29 is 13.2 Å². The standard InChI is InChI=1S/C17H21N3O3S/c1-14-5-7-15(8-6-14)24(22,23)20-12-10-19(11-13-20)17(21)16-4-3-9-18(16)2/h3-9H,10-13H2,1-2H3. The van der Waals surface area contributed by atoms with Crippen molar-refractivity contribution in [3.05, 3.63) is 53.9 Å². The summed E-state index contributed by atoms with van der Waals surface area (Å²) in [5, 5.41) is 0. The number of carbonyl (C=O) groups excluding carboxylic acids is 1. The van der Waals surface area contributed by atoms with Crippen LogP contribution in [0, 0.1) is 6.92 Å². The molecule has 6 nitrogen and oxygen atoms in total. The summed E-state index contributed by atoms with van der Waals surface area (Å²) in [6.07, 6.45) is 1.82. The van der Waals surface area contributed by atoms with E-state index in [0.29, 0.717) is 36.8 Å². The number of amides is 1. The molecule has 1 aromatic carbocycles. The molecule has 0 N–H and O–H groups in total. The van der Waals surface area contributed by atoms with Crippen LogP contribution in [-0.4, -0.2) is 54.3 Å². The van der Waals surface area contributed by atoms with Crippen molar-refractivity contribution in [1.82, 2.24) is 13.8 Å². The Morgan fingerprint density at radius 2 is 1.62 bits per heavy atom.